The first-order valence-electron chi connectivity index (χ1n) is 8.29. The number of nitrogens with one attached hydrogen (secondary N) is 1. The lowest BCUT2D eigenvalue weighted by Gasteiger charge is -2.12. The van der Waals surface area contributed by atoms with Crippen LogP contribution in [-0.2, 0) is 0 Å². The lowest BCUT2D eigenvalue weighted by Crippen LogP contribution is -2.14. The van der Waals surface area contributed by atoms with E-state index in [1.807, 2.05) is 44.2 Å². The molecule has 0 aliphatic carbocycles. The summed E-state index contributed by atoms with van der Waals surface area (Å²) in [4.78, 5) is 16.2. The molecule has 1 atom stereocenters. The molecule has 2 N–H and O–H groups in total. The molecule has 0 spiro atoms. The van der Waals surface area contributed by atoms with E-state index in [0.29, 0.717) is 22.3 Å². The third kappa shape index (κ3) is 2.55. The number of H-pyrrole nitrogens is 1. The average molecular weight is 333 g/mol. The highest BCUT2D eigenvalue weighted by Crippen LogP contribution is 2.31. The maximum absolute atomic E-state index is 13.0. The highest BCUT2D eigenvalue weighted by molar-refractivity contribution is 5.87. The van der Waals surface area contributed by atoms with Gasteiger partial charge in [-0.05, 0) is 57.2 Å². The molecule has 2 aromatic heterocycles. The summed E-state index contributed by atoms with van der Waals surface area (Å²) in [5.74, 6) is 0.428. The van der Waals surface area contributed by atoms with Gasteiger partial charge in [0.2, 0.25) is 0 Å². The monoisotopic (exact) mass is 333 g/mol. The van der Waals surface area contributed by atoms with Crippen molar-refractivity contribution >= 4 is 21.9 Å². The quantitative estimate of drug-likeness (QED) is 0.563. The van der Waals surface area contributed by atoms with Crippen LogP contribution in [-0.4, -0.2) is 10.1 Å². The Morgan fingerprint density at radius 2 is 1.88 bits per heavy atom. The van der Waals surface area contributed by atoms with Crippen LogP contribution in [0.3, 0.4) is 0 Å². The molecule has 4 heteroatoms. The van der Waals surface area contributed by atoms with Gasteiger partial charge in [-0.2, -0.15) is 0 Å². The summed E-state index contributed by atoms with van der Waals surface area (Å²) in [6.45, 7) is 5.52. The SMILES string of the molecule is Cc1ccc2oc(-c3ccc4[nH]c(C)cc4c3)c(C(C)O)c(=O)c2c1. The highest BCUT2D eigenvalue weighted by atomic mass is 16.3. The second-order valence-electron chi connectivity index (χ2n) is 6.60. The zero-order valence-electron chi connectivity index (χ0n) is 14.4. The standard InChI is InChI=1S/C21H19NO3/c1-11-4-7-18-16(8-11)20(24)19(13(3)23)21(25-18)14-5-6-17-15(10-14)9-12(2)22-17/h4-10,13,22-23H,1-3H3. The van der Waals surface area contributed by atoms with Crippen LogP contribution in [0.5, 0.6) is 0 Å². The van der Waals surface area contributed by atoms with Crippen molar-refractivity contribution in [3.05, 3.63) is 69.5 Å². The molecule has 0 radical (unpaired) electrons. The third-order valence-electron chi connectivity index (χ3n) is 4.52. The van der Waals surface area contributed by atoms with Crippen molar-refractivity contribution in [2.75, 3.05) is 0 Å². The van der Waals surface area contributed by atoms with Gasteiger partial charge in [0.05, 0.1) is 17.1 Å². The molecule has 0 amide bonds. The van der Waals surface area contributed by atoms with E-state index in [2.05, 4.69) is 4.98 Å². The van der Waals surface area contributed by atoms with E-state index in [4.69, 9.17) is 4.42 Å². The minimum Gasteiger partial charge on any atom is -0.455 e. The molecule has 0 aliphatic heterocycles. The predicted molar refractivity (Wildman–Crippen MR) is 99.9 cm³/mol. The molecule has 4 aromatic rings. The van der Waals surface area contributed by atoms with E-state index in [1.165, 1.54) is 0 Å². The lowest BCUT2D eigenvalue weighted by atomic mass is 10.00. The summed E-state index contributed by atoms with van der Waals surface area (Å²) in [5, 5.41) is 11.8. The van der Waals surface area contributed by atoms with Gasteiger partial charge in [-0.15, -0.1) is 0 Å². The molecular weight excluding hydrogens is 314 g/mol. The highest BCUT2D eigenvalue weighted by Gasteiger charge is 2.20. The van der Waals surface area contributed by atoms with Crippen LogP contribution in [0.4, 0.5) is 0 Å². The number of aromatic nitrogens is 1. The lowest BCUT2D eigenvalue weighted by molar-refractivity contribution is 0.197. The van der Waals surface area contributed by atoms with E-state index in [-0.39, 0.29) is 5.43 Å². The molecule has 0 aliphatic rings. The van der Waals surface area contributed by atoms with E-state index >= 15 is 0 Å². The van der Waals surface area contributed by atoms with Crippen LogP contribution in [0.15, 0.2) is 51.7 Å². The Morgan fingerprint density at radius 1 is 1.08 bits per heavy atom. The first-order chi connectivity index (χ1) is 11.9. The normalized spacial score (nSPS) is 12.8. The molecule has 126 valence electrons. The molecular formula is C21H19NO3. The molecule has 1 unspecified atom stereocenters. The van der Waals surface area contributed by atoms with Gasteiger partial charge in [-0.3, -0.25) is 4.79 Å². The minimum absolute atomic E-state index is 0.180. The van der Waals surface area contributed by atoms with Crippen molar-refractivity contribution in [1.82, 2.24) is 4.98 Å². The van der Waals surface area contributed by atoms with Crippen LogP contribution in [0.25, 0.3) is 33.2 Å². The predicted octanol–water partition coefficient (Wildman–Crippen LogP) is 4.61. The molecule has 25 heavy (non-hydrogen) atoms. The Bertz CT molecular complexity index is 1170. The van der Waals surface area contributed by atoms with Crippen LogP contribution in [0.2, 0.25) is 0 Å². The van der Waals surface area contributed by atoms with Gasteiger partial charge < -0.3 is 14.5 Å². The Balaban J connectivity index is 2.06. The number of rotatable bonds is 2. The van der Waals surface area contributed by atoms with Gasteiger partial charge in [-0.25, -0.2) is 0 Å². The average Bonchev–Trinajstić information content (AvgIpc) is 2.94. The first kappa shape index (κ1) is 15.7. The fourth-order valence-corrected chi connectivity index (χ4v) is 3.34. The number of aryl methyl sites for hydroxylation is 2. The Labute approximate surface area is 144 Å². The number of aliphatic hydroxyl groups is 1. The van der Waals surface area contributed by atoms with Crippen molar-refractivity contribution in [2.45, 2.75) is 26.9 Å². The summed E-state index contributed by atoms with van der Waals surface area (Å²) in [6, 6.07) is 13.4. The van der Waals surface area contributed by atoms with E-state index in [1.54, 1.807) is 19.1 Å². The van der Waals surface area contributed by atoms with Crippen molar-refractivity contribution in [1.29, 1.82) is 0 Å². The Kier molecular flexibility index (Phi) is 3.51. The number of aliphatic hydroxyl groups excluding tert-OH is 1. The van der Waals surface area contributed by atoms with Crippen molar-refractivity contribution in [3.8, 4) is 11.3 Å². The fourth-order valence-electron chi connectivity index (χ4n) is 3.34. The number of benzene rings is 2. The zero-order chi connectivity index (χ0) is 17.7. The Morgan fingerprint density at radius 3 is 2.64 bits per heavy atom. The van der Waals surface area contributed by atoms with E-state index < -0.39 is 6.10 Å². The number of hydrogen-bond acceptors (Lipinski definition) is 3. The topological polar surface area (TPSA) is 66.2 Å². The van der Waals surface area contributed by atoms with Gasteiger partial charge in [-0.1, -0.05) is 11.6 Å². The second-order valence-corrected chi connectivity index (χ2v) is 6.60. The van der Waals surface area contributed by atoms with Crippen LogP contribution in [0.1, 0.15) is 29.8 Å². The van der Waals surface area contributed by atoms with Crippen molar-refractivity contribution in [2.24, 2.45) is 0 Å². The molecule has 4 rings (SSSR count). The van der Waals surface area contributed by atoms with Gasteiger partial charge in [0, 0.05) is 22.2 Å². The smallest absolute Gasteiger partial charge is 0.199 e. The first-order valence-corrected chi connectivity index (χ1v) is 8.29. The number of fused-ring (bicyclic) bond motifs is 2. The number of hydrogen-bond donors (Lipinski definition) is 2. The van der Waals surface area contributed by atoms with E-state index in [9.17, 15) is 9.90 Å². The van der Waals surface area contributed by atoms with Gasteiger partial charge in [0.15, 0.2) is 5.43 Å². The van der Waals surface area contributed by atoms with Gasteiger partial charge in [0.25, 0.3) is 0 Å². The molecule has 2 heterocycles. The van der Waals surface area contributed by atoms with Crippen LogP contribution in [0, 0.1) is 13.8 Å². The van der Waals surface area contributed by atoms with Crippen molar-refractivity contribution < 1.29 is 9.52 Å². The summed E-state index contributed by atoms with van der Waals surface area (Å²) in [5.41, 5.74) is 4.50. The maximum Gasteiger partial charge on any atom is 0.199 e. The summed E-state index contributed by atoms with van der Waals surface area (Å²) in [6.07, 6.45) is -0.917. The van der Waals surface area contributed by atoms with E-state index in [0.717, 1.165) is 27.7 Å². The zero-order valence-corrected chi connectivity index (χ0v) is 14.4. The molecule has 2 aromatic carbocycles. The van der Waals surface area contributed by atoms with Gasteiger partial charge >= 0.3 is 0 Å². The number of aromatic amines is 1. The van der Waals surface area contributed by atoms with Crippen LogP contribution >= 0.6 is 0 Å². The molecule has 0 bridgehead atoms. The second kappa shape index (κ2) is 5.60. The summed E-state index contributed by atoms with van der Waals surface area (Å²) >= 11 is 0. The molecule has 0 fully saturated rings. The maximum atomic E-state index is 13.0. The molecule has 4 nitrogen and oxygen atoms in total. The summed E-state index contributed by atoms with van der Waals surface area (Å²) < 4.78 is 6.06. The molecule has 0 saturated heterocycles. The third-order valence-corrected chi connectivity index (χ3v) is 4.52. The van der Waals surface area contributed by atoms with Crippen LogP contribution < -0.4 is 5.43 Å². The fraction of sp³-hybridized carbons (Fsp3) is 0.190. The van der Waals surface area contributed by atoms with Crippen molar-refractivity contribution in [3.63, 3.8) is 0 Å². The largest absolute Gasteiger partial charge is 0.455 e. The van der Waals surface area contributed by atoms with Gasteiger partial charge in [0.1, 0.15) is 11.3 Å². The Hall–Kier alpha value is -2.85. The minimum atomic E-state index is -0.917. The molecule has 0 saturated carbocycles. The summed E-state index contributed by atoms with van der Waals surface area (Å²) in [7, 11) is 0.